The van der Waals surface area contributed by atoms with E-state index in [1.54, 1.807) is 18.2 Å². The molecule has 0 unspecified atom stereocenters. The molecule has 3 rings (SSSR count). The summed E-state index contributed by atoms with van der Waals surface area (Å²) in [7, 11) is 0. The van der Waals surface area contributed by atoms with Gasteiger partial charge in [-0.25, -0.2) is 9.68 Å². The smallest absolute Gasteiger partial charge is 0.289 e. The first-order valence-electron chi connectivity index (χ1n) is 7.14. The van der Waals surface area contributed by atoms with Crippen molar-refractivity contribution in [2.24, 2.45) is 0 Å². The maximum atomic E-state index is 12.8. The minimum Gasteiger partial charge on any atom is -0.289 e. The molecule has 0 aliphatic rings. The Morgan fingerprint density at radius 3 is 2.48 bits per heavy atom. The lowest BCUT2D eigenvalue weighted by Gasteiger charge is -2.07. The van der Waals surface area contributed by atoms with E-state index >= 15 is 0 Å². The van der Waals surface area contributed by atoms with Crippen molar-refractivity contribution >= 4 is 22.8 Å². The number of fused-ring (bicyclic) bond motifs is 1. The van der Waals surface area contributed by atoms with E-state index in [4.69, 9.17) is 9.68 Å². The fourth-order valence-corrected chi connectivity index (χ4v) is 2.56. The SMILES string of the molecule is O=C(c1ccccc1)c1cccc2cccc(C=[O+]COO)c12. The number of carbonyl (C=O) groups is 1. The number of benzene rings is 3. The van der Waals surface area contributed by atoms with Gasteiger partial charge >= 0.3 is 13.1 Å². The monoisotopic (exact) mass is 307 g/mol. The van der Waals surface area contributed by atoms with Crippen LogP contribution in [0.25, 0.3) is 10.8 Å². The summed E-state index contributed by atoms with van der Waals surface area (Å²) in [6, 6.07) is 20.4. The zero-order valence-electron chi connectivity index (χ0n) is 12.3. The van der Waals surface area contributed by atoms with Gasteiger partial charge in [-0.05, 0) is 11.5 Å². The molecule has 0 aliphatic heterocycles. The molecular formula is C19H15O4+. The van der Waals surface area contributed by atoms with Crippen LogP contribution in [0.15, 0.2) is 66.7 Å². The summed E-state index contributed by atoms with van der Waals surface area (Å²) in [4.78, 5) is 16.7. The summed E-state index contributed by atoms with van der Waals surface area (Å²) in [5.74, 6) is -0.0459. The van der Waals surface area contributed by atoms with E-state index in [0.717, 1.165) is 16.3 Å². The molecule has 0 heterocycles. The highest BCUT2D eigenvalue weighted by Gasteiger charge is 2.15. The largest absolute Gasteiger partial charge is 0.396 e. The van der Waals surface area contributed by atoms with Gasteiger partial charge in [-0.2, -0.15) is 0 Å². The quantitative estimate of drug-likeness (QED) is 0.194. The fourth-order valence-electron chi connectivity index (χ4n) is 2.56. The van der Waals surface area contributed by atoms with Gasteiger partial charge in [0.2, 0.25) is 0 Å². The molecule has 0 spiro atoms. The Balaban J connectivity index is 2.15. The molecule has 0 aliphatic carbocycles. The van der Waals surface area contributed by atoms with Crippen LogP contribution in [-0.2, 0) is 4.89 Å². The van der Waals surface area contributed by atoms with Crippen molar-refractivity contribution in [3.05, 3.63) is 83.4 Å². The summed E-state index contributed by atoms with van der Waals surface area (Å²) in [5, 5.41) is 10.1. The number of ketones is 1. The maximum Gasteiger partial charge on any atom is 0.396 e. The van der Waals surface area contributed by atoms with Crippen molar-refractivity contribution in [1.82, 2.24) is 0 Å². The van der Waals surface area contributed by atoms with Gasteiger partial charge in [0.25, 0.3) is 0 Å². The molecule has 0 saturated heterocycles. The molecule has 0 atom stereocenters. The third-order valence-corrected chi connectivity index (χ3v) is 3.55. The van der Waals surface area contributed by atoms with E-state index in [1.807, 2.05) is 48.5 Å². The molecule has 4 nitrogen and oxygen atoms in total. The van der Waals surface area contributed by atoms with E-state index < -0.39 is 0 Å². The standard InChI is InChI=1S/C19H14O4/c20-19(15-6-2-1-3-7-15)17-11-5-9-14-8-4-10-16(18(14)17)12-22-13-23-21/h1-12H,13H2/p+1. The van der Waals surface area contributed by atoms with Crippen LogP contribution < -0.4 is 0 Å². The Bertz CT molecular complexity index is 848. The van der Waals surface area contributed by atoms with Gasteiger partial charge in [-0.1, -0.05) is 60.7 Å². The summed E-state index contributed by atoms with van der Waals surface area (Å²) in [6.07, 6.45) is 1.47. The fraction of sp³-hybridized carbons (Fsp3) is 0.0526. The average Bonchev–Trinajstić information content (AvgIpc) is 2.61. The summed E-state index contributed by atoms with van der Waals surface area (Å²) in [6.45, 7) is -0.273. The summed E-state index contributed by atoms with van der Waals surface area (Å²) < 4.78 is 5.11. The molecule has 0 saturated carbocycles. The normalized spacial score (nSPS) is 11.2. The second-order valence-corrected chi connectivity index (χ2v) is 4.98. The van der Waals surface area contributed by atoms with Crippen molar-refractivity contribution in [1.29, 1.82) is 0 Å². The molecule has 0 aromatic heterocycles. The van der Waals surface area contributed by atoms with Gasteiger partial charge in [-0.15, -0.1) is 4.89 Å². The van der Waals surface area contributed by atoms with Crippen LogP contribution in [0, 0.1) is 0 Å². The van der Waals surface area contributed by atoms with Crippen molar-refractivity contribution in [2.45, 2.75) is 0 Å². The minimum atomic E-state index is -0.273. The van der Waals surface area contributed by atoms with Gasteiger partial charge in [-0.3, -0.25) is 4.79 Å². The lowest BCUT2D eigenvalue weighted by Crippen LogP contribution is -2.03. The lowest BCUT2D eigenvalue weighted by atomic mass is 9.94. The zero-order chi connectivity index (χ0) is 16.1. The molecule has 3 aromatic carbocycles. The number of hydrogen-bond donors (Lipinski definition) is 1. The van der Waals surface area contributed by atoms with Gasteiger partial charge in [0, 0.05) is 16.5 Å². The Labute approximate surface area is 133 Å². The van der Waals surface area contributed by atoms with E-state index in [1.165, 1.54) is 6.29 Å². The highest BCUT2D eigenvalue weighted by atomic mass is 17.1. The predicted molar refractivity (Wildman–Crippen MR) is 87.8 cm³/mol. The second kappa shape index (κ2) is 6.96. The van der Waals surface area contributed by atoms with E-state index in [2.05, 4.69) is 4.89 Å². The molecule has 114 valence electrons. The number of aldehydes is 1. The predicted octanol–water partition coefficient (Wildman–Crippen LogP) is 3.87. The number of carbonyl (C=O) groups excluding carboxylic acids is 2. The first-order chi connectivity index (χ1) is 11.3. The van der Waals surface area contributed by atoms with Crippen LogP contribution in [0.3, 0.4) is 0 Å². The Morgan fingerprint density at radius 1 is 1.00 bits per heavy atom. The third-order valence-electron chi connectivity index (χ3n) is 3.55. The highest BCUT2D eigenvalue weighted by Crippen LogP contribution is 2.24. The van der Waals surface area contributed by atoms with Crippen LogP contribution in [0.1, 0.15) is 25.9 Å². The molecule has 4 heteroatoms. The first-order valence-corrected chi connectivity index (χ1v) is 7.14. The van der Waals surface area contributed by atoms with Gasteiger partial charge in [0.1, 0.15) is 0 Å². The van der Waals surface area contributed by atoms with Crippen LogP contribution >= 0.6 is 0 Å². The van der Waals surface area contributed by atoms with Crippen molar-refractivity contribution in [3.63, 3.8) is 0 Å². The van der Waals surface area contributed by atoms with Crippen LogP contribution in [0.2, 0.25) is 0 Å². The Kier molecular flexibility index (Phi) is 4.57. The van der Waals surface area contributed by atoms with Gasteiger partial charge in [0.15, 0.2) is 5.78 Å². The van der Waals surface area contributed by atoms with Gasteiger partial charge < -0.3 is 0 Å². The maximum absolute atomic E-state index is 12.8. The molecule has 0 amide bonds. The number of hydrogen-bond acceptors (Lipinski definition) is 3. The molecule has 1 N–H and O–H groups in total. The minimum absolute atomic E-state index is 0.0459. The van der Waals surface area contributed by atoms with Crippen LogP contribution in [-0.4, -0.2) is 24.1 Å². The lowest BCUT2D eigenvalue weighted by molar-refractivity contribution is -0.431. The van der Waals surface area contributed by atoms with Crippen molar-refractivity contribution in [2.75, 3.05) is 6.79 Å². The van der Waals surface area contributed by atoms with Crippen LogP contribution in [0.4, 0.5) is 0 Å². The first kappa shape index (κ1) is 15.1. The highest BCUT2D eigenvalue weighted by molar-refractivity contribution is 6.19. The topological polar surface area (TPSA) is 57.8 Å². The van der Waals surface area contributed by atoms with Crippen molar-refractivity contribution in [3.8, 4) is 0 Å². The molecule has 0 radical (unpaired) electrons. The second-order valence-electron chi connectivity index (χ2n) is 4.98. The number of rotatable bonds is 5. The molecule has 0 fully saturated rings. The van der Waals surface area contributed by atoms with E-state index in [0.29, 0.717) is 11.1 Å². The molecule has 3 aromatic rings. The molecule has 23 heavy (non-hydrogen) atoms. The van der Waals surface area contributed by atoms with Crippen molar-refractivity contribution < 1.29 is 19.4 Å². The molecule has 0 bridgehead atoms. The van der Waals surface area contributed by atoms with E-state index in [-0.39, 0.29) is 12.6 Å². The third kappa shape index (κ3) is 3.18. The average molecular weight is 307 g/mol. The van der Waals surface area contributed by atoms with Crippen LogP contribution in [0.5, 0.6) is 0 Å². The Hall–Kier alpha value is -2.82. The Morgan fingerprint density at radius 2 is 1.74 bits per heavy atom. The summed E-state index contributed by atoms with van der Waals surface area (Å²) >= 11 is 0. The molecular weight excluding hydrogens is 292 g/mol. The van der Waals surface area contributed by atoms with Gasteiger partial charge in [0.05, 0.1) is 5.56 Å². The zero-order valence-corrected chi connectivity index (χ0v) is 12.3. The van der Waals surface area contributed by atoms with E-state index in [9.17, 15) is 4.79 Å². The summed E-state index contributed by atoms with van der Waals surface area (Å²) in [5.41, 5.74) is 1.99.